The molecule has 5 nitrogen and oxygen atoms in total. The molecular formula is C15H23N5S. The monoisotopic (exact) mass is 305 g/mol. The largest absolute Gasteiger partial charge is 0.383 e. The van der Waals surface area contributed by atoms with E-state index in [9.17, 15) is 0 Å². The van der Waals surface area contributed by atoms with Crippen LogP contribution in [0, 0.1) is 13.8 Å². The van der Waals surface area contributed by atoms with Crippen LogP contribution in [-0.4, -0.2) is 41.0 Å². The number of likely N-dealkylation sites (tertiary alicyclic amines) is 1. The maximum atomic E-state index is 6.16. The molecule has 0 radical (unpaired) electrons. The highest BCUT2D eigenvalue weighted by atomic mass is 32.1. The van der Waals surface area contributed by atoms with Crippen LogP contribution in [0.5, 0.6) is 0 Å². The maximum Gasteiger partial charge on any atom is 0.146 e. The normalized spacial score (nSPS) is 19.7. The zero-order valence-corrected chi connectivity index (χ0v) is 13.8. The highest BCUT2D eigenvalue weighted by molar-refractivity contribution is 7.18. The van der Waals surface area contributed by atoms with Crippen molar-refractivity contribution in [3.63, 3.8) is 0 Å². The number of anilines is 1. The Bertz CT molecular complexity index is 651. The average molecular weight is 305 g/mol. The predicted molar refractivity (Wildman–Crippen MR) is 88.7 cm³/mol. The van der Waals surface area contributed by atoms with E-state index in [4.69, 9.17) is 10.7 Å². The topological polar surface area (TPSA) is 67.1 Å². The Morgan fingerprint density at radius 3 is 2.95 bits per heavy atom. The number of nitrogens with one attached hydrogen (secondary N) is 1. The number of aromatic nitrogens is 2. The van der Waals surface area contributed by atoms with Gasteiger partial charge >= 0.3 is 0 Å². The third-order valence-electron chi connectivity index (χ3n) is 4.39. The second-order valence-corrected chi connectivity index (χ2v) is 7.02. The first kappa shape index (κ1) is 14.7. The molecule has 0 aromatic carbocycles. The summed E-state index contributed by atoms with van der Waals surface area (Å²) in [5.74, 6) is 1.48. The van der Waals surface area contributed by atoms with Crippen LogP contribution < -0.4 is 11.1 Å². The van der Waals surface area contributed by atoms with E-state index in [0.717, 1.165) is 35.7 Å². The van der Waals surface area contributed by atoms with Gasteiger partial charge in [0, 0.05) is 17.5 Å². The van der Waals surface area contributed by atoms with Crippen molar-refractivity contribution in [2.24, 2.45) is 0 Å². The number of aryl methyl sites for hydroxylation is 2. The molecule has 1 aliphatic rings. The lowest BCUT2D eigenvalue weighted by Gasteiger charge is -2.23. The van der Waals surface area contributed by atoms with E-state index in [1.54, 1.807) is 11.3 Å². The summed E-state index contributed by atoms with van der Waals surface area (Å²) in [6, 6.07) is 0.585. The molecule has 0 amide bonds. The van der Waals surface area contributed by atoms with Crippen molar-refractivity contribution in [1.29, 1.82) is 0 Å². The highest BCUT2D eigenvalue weighted by Gasteiger charge is 2.25. The van der Waals surface area contributed by atoms with Crippen LogP contribution in [0.25, 0.3) is 10.2 Å². The molecule has 114 valence electrons. The van der Waals surface area contributed by atoms with Crippen LogP contribution in [0.1, 0.15) is 29.1 Å². The minimum Gasteiger partial charge on any atom is -0.383 e. The van der Waals surface area contributed by atoms with Crippen molar-refractivity contribution in [1.82, 2.24) is 20.2 Å². The lowest BCUT2D eigenvalue weighted by atomic mass is 10.2. The number of nitrogens with two attached hydrogens (primary N) is 1. The Labute approximate surface area is 129 Å². The Hall–Kier alpha value is -1.24. The lowest BCUT2D eigenvalue weighted by Crippen LogP contribution is -2.36. The molecule has 0 saturated carbocycles. The lowest BCUT2D eigenvalue weighted by molar-refractivity contribution is 0.237. The number of thiophene rings is 1. The second kappa shape index (κ2) is 5.87. The number of nitrogen functional groups attached to an aromatic ring is 1. The number of fused-ring (bicyclic) bond motifs is 1. The fourth-order valence-electron chi connectivity index (χ4n) is 3.15. The molecule has 6 heteroatoms. The minimum atomic E-state index is 0.585. The number of rotatable bonds is 4. The van der Waals surface area contributed by atoms with E-state index >= 15 is 0 Å². The summed E-state index contributed by atoms with van der Waals surface area (Å²) in [5.41, 5.74) is 7.38. The molecule has 1 atom stereocenters. The molecule has 2 aromatic heterocycles. The smallest absolute Gasteiger partial charge is 0.146 e. The van der Waals surface area contributed by atoms with E-state index in [2.05, 4.69) is 29.0 Å². The van der Waals surface area contributed by atoms with Gasteiger partial charge in [0.2, 0.25) is 0 Å². The summed E-state index contributed by atoms with van der Waals surface area (Å²) in [6.45, 7) is 7.15. The summed E-state index contributed by atoms with van der Waals surface area (Å²) in [7, 11) is 2.01. The van der Waals surface area contributed by atoms with Crippen molar-refractivity contribution >= 4 is 27.4 Å². The van der Waals surface area contributed by atoms with Crippen LogP contribution >= 0.6 is 11.3 Å². The number of likely N-dealkylation sites (N-methyl/N-ethyl adjacent to an activating group) is 1. The van der Waals surface area contributed by atoms with Gasteiger partial charge in [0.15, 0.2) is 0 Å². The van der Waals surface area contributed by atoms with Crippen LogP contribution in [-0.2, 0) is 6.54 Å². The SMILES string of the molecule is CNCC1CCCN1Cc1nc(N)c2c(C)c(C)sc2n1. The molecule has 1 aliphatic heterocycles. The second-order valence-electron chi connectivity index (χ2n) is 5.81. The third kappa shape index (κ3) is 2.75. The average Bonchev–Trinajstić information content (AvgIpc) is 2.96. The Balaban J connectivity index is 1.87. The van der Waals surface area contributed by atoms with Crippen molar-refractivity contribution < 1.29 is 0 Å². The molecule has 3 N–H and O–H groups in total. The summed E-state index contributed by atoms with van der Waals surface area (Å²) in [6.07, 6.45) is 2.50. The Morgan fingerprint density at radius 2 is 2.19 bits per heavy atom. The first-order valence-electron chi connectivity index (χ1n) is 7.51. The predicted octanol–water partition coefficient (Wildman–Crippen LogP) is 2.07. The van der Waals surface area contributed by atoms with Crippen LogP contribution in [0.15, 0.2) is 0 Å². The summed E-state index contributed by atoms with van der Waals surface area (Å²) in [5, 5.41) is 4.31. The molecule has 2 aromatic rings. The fourth-order valence-corrected chi connectivity index (χ4v) is 4.20. The zero-order chi connectivity index (χ0) is 15.0. The maximum absolute atomic E-state index is 6.16. The molecule has 1 fully saturated rings. The van der Waals surface area contributed by atoms with Crippen molar-refractivity contribution in [2.75, 3.05) is 25.9 Å². The van der Waals surface area contributed by atoms with Gasteiger partial charge in [-0.25, -0.2) is 9.97 Å². The van der Waals surface area contributed by atoms with Crippen LogP contribution in [0.4, 0.5) is 5.82 Å². The first-order chi connectivity index (χ1) is 10.1. The molecule has 0 spiro atoms. The van der Waals surface area contributed by atoms with Crippen LogP contribution in [0.2, 0.25) is 0 Å². The highest BCUT2D eigenvalue weighted by Crippen LogP contribution is 2.32. The van der Waals surface area contributed by atoms with E-state index in [1.165, 1.54) is 23.3 Å². The van der Waals surface area contributed by atoms with E-state index < -0.39 is 0 Å². The van der Waals surface area contributed by atoms with Gasteiger partial charge in [0.1, 0.15) is 16.5 Å². The van der Waals surface area contributed by atoms with Crippen molar-refractivity contribution in [2.45, 2.75) is 39.3 Å². The van der Waals surface area contributed by atoms with Gasteiger partial charge in [-0.15, -0.1) is 11.3 Å². The van der Waals surface area contributed by atoms with Gasteiger partial charge in [-0.1, -0.05) is 0 Å². The quantitative estimate of drug-likeness (QED) is 0.905. The van der Waals surface area contributed by atoms with Gasteiger partial charge in [-0.2, -0.15) is 0 Å². The molecule has 0 bridgehead atoms. The standard InChI is InChI=1S/C15H23N5S/c1-9-10(2)21-15-13(9)14(16)18-12(19-15)8-20-6-4-5-11(20)7-17-3/h11,17H,4-8H2,1-3H3,(H2,16,18,19). The van der Waals surface area contributed by atoms with Gasteiger partial charge in [0.25, 0.3) is 0 Å². The van der Waals surface area contributed by atoms with E-state index in [-0.39, 0.29) is 0 Å². The molecule has 21 heavy (non-hydrogen) atoms. The number of hydrogen-bond donors (Lipinski definition) is 2. The Morgan fingerprint density at radius 1 is 1.38 bits per heavy atom. The number of nitrogens with zero attached hydrogens (tertiary/aromatic N) is 3. The first-order valence-corrected chi connectivity index (χ1v) is 8.32. The molecule has 3 heterocycles. The molecular weight excluding hydrogens is 282 g/mol. The van der Waals surface area contributed by atoms with Gasteiger partial charge in [0.05, 0.1) is 11.9 Å². The Kier molecular flexibility index (Phi) is 4.10. The summed E-state index contributed by atoms with van der Waals surface area (Å²) in [4.78, 5) is 14.0. The van der Waals surface area contributed by atoms with E-state index in [1.807, 2.05) is 7.05 Å². The molecule has 1 unspecified atom stereocenters. The molecule has 3 rings (SSSR count). The van der Waals surface area contributed by atoms with E-state index in [0.29, 0.717) is 11.9 Å². The third-order valence-corrected chi connectivity index (χ3v) is 5.49. The fraction of sp³-hybridized carbons (Fsp3) is 0.600. The van der Waals surface area contributed by atoms with Gasteiger partial charge < -0.3 is 11.1 Å². The zero-order valence-electron chi connectivity index (χ0n) is 12.9. The summed E-state index contributed by atoms with van der Waals surface area (Å²) >= 11 is 1.71. The van der Waals surface area contributed by atoms with Crippen molar-refractivity contribution in [3.05, 3.63) is 16.3 Å². The summed E-state index contributed by atoms with van der Waals surface area (Å²) < 4.78 is 0. The van der Waals surface area contributed by atoms with Gasteiger partial charge in [-0.3, -0.25) is 4.90 Å². The molecule has 0 aliphatic carbocycles. The molecule has 1 saturated heterocycles. The minimum absolute atomic E-state index is 0.585. The van der Waals surface area contributed by atoms with Crippen molar-refractivity contribution in [3.8, 4) is 0 Å². The number of hydrogen-bond acceptors (Lipinski definition) is 6. The van der Waals surface area contributed by atoms with Crippen LogP contribution in [0.3, 0.4) is 0 Å². The van der Waals surface area contributed by atoms with Gasteiger partial charge in [-0.05, 0) is 45.8 Å².